The van der Waals surface area contributed by atoms with Gasteiger partial charge in [-0.1, -0.05) is 95.7 Å². The third-order valence-corrected chi connectivity index (χ3v) is 6.38. The lowest BCUT2D eigenvalue weighted by molar-refractivity contribution is 0.102. The van der Waals surface area contributed by atoms with Crippen molar-refractivity contribution >= 4 is 45.1 Å². The molecule has 2 heterocycles. The molecule has 4 aromatic carbocycles. The SMILES string of the molecule is O=C(Cl)c1ccccc1.O=C(c1cccc(Cl)c1)c1c(-c2ccc3[nH]ncc3c2)nnn1Cc1ccccc1. The lowest BCUT2D eigenvalue weighted by Crippen LogP contribution is -2.13. The van der Waals surface area contributed by atoms with E-state index in [1.807, 2.05) is 54.6 Å². The van der Waals surface area contributed by atoms with Crippen LogP contribution in [0, 0.1) is 0 Å². The summed E-state index contributed by atoms with van der Waals surface area (Å²) in [4.78, 5) is 23.9. The highest BCUT2D eigenvalue weighted by Gasteiger charge is 2.23. The van der Waals surface area contributed by atoms with E-state index in [-0.39, 0.29) is 5.78 Å². The van der Waals surface area contributed by atoms with Crippen LogP contribution < -0.4 is 0 Å². The number of hydrogen-bond acceptors (Lipinski definition) is 5. The van der Waals surface area contributed by atoms with Crippen LogP contribution in [0.25, 0.3) is 22.2 Å². The molecule has 0 saturated heterocycles. The number of halogens is 2. The van der Waals surface area contributed by atoms with Crippen molar-refractivity contribution in [1.82, 2.24) is 25.2 Å². The Morgan fingerprint density at radius 2 is 1.54 bits per heavy atom. The van der Waals surface area contributed by atoms with Crippen molar-refractivity contribution in [3.63, 3.8) is 0 Å². The largest absolute Gasteiger partial charge is 0.287 e. The van der Waals surface area contributed by atoms with E-state index in [1.165, 1.54) is 0 Å². The molecule has 1 N–H and O–H groups in total. The summed E-state index contributed by atoms with van der Waals surface area (Å²) in [5, 5.41) is 16.7. The molecule has 39 heavy (non-hydrogen) atoms. The first kappa shape index (κ1) is 26.0. The number of hydrogen-bond donors (Lipinski definition) is 1. The van der Waals surface area contributed by atoms with E-state index in [9.17, 15) is 9.59 Å². The van der Waals surface area contributed by atoms with Crippen LogP contribution in [0.4, 0.5) is 0 Å². The molecule has 0 fully saturated rings. The zero-order valence-corrected chi connectivity index (χ0v) is 22.0. The van der Waals surface area contributed by atoms with E-state index in [0.717, 1.165) is 22.0 Å². The van der Waals surface area contributed by atoms with E-state index in [0.29, 0.717) is 34.1 Å². The third kappa shape index (κ3) is 6.12. The summed E-state index contributed by atoms with van der Waals surface area (Å²) in [6, 6.07) is 31.3. The molecule has 6 aromatic rings. The third-order valence-electron chi connectivity index (χ3n) is 5.93. The maximum absolute atomic E-state index is 13.5. The summed E-state index contributed by atoms with van der Waals surface area (Å²) < 4.78 is 1.65. The Hall–Kier alpha value is -4.59. The Bertz CT molecular complexity index is 1750. The Morgan fingerprint density at radius 1 is 0.821 bits per heavy atom. The number of ketones is 1. The van der Waals surface area contributed by atoms with Crippen molar-refractivity contribution in [2.24, 2.45) is 0 Å². The summed E-state index contributed by atoms with van der Waals surface area (Å²) in [6.07, 6.45) is 1.74. The first-order valence-electron chi connectivity index (χ1n) is 12.0. The topological polar surface area (TPSA) is 93.5 Å². The van der Waals surface area contributed by atoms with E-state index >= 15 is 0 Å². The molecule has 2 aromatic heterocycles. The number of rotatable bonds is 6. The Kier molecular flexibility index (Phi) is 7.91. The van der Waals surface area contributed by atoms with Gasteiger partial charge in [-0.05, 0) is 41.4 Å². The molecular weight excluding hydrogens is 533 g/mol. The van der Waals surface area contributed by atoms with Crippen LogP contribution in [0.1, 0.15) is 32.0 Å². The monoisotopic (exact) mass is 553 g/mol. The van der Waals surface area contributed by atoms with Crippen LogP contribution in [-0.2, 0) is 6.54 Å². The normalized spacial score (nSPS) is 10.6. The highest BCUT2D eigenvalue weighted by molar-refractivity contribution is 6.67. The van der Waals surface area contributed by atoms with Gasteiger partial charge in [0.1, 0.15) is 11.4 Å². The summed E-state index contributed by atoms with van der Waals surface area (Å²) in [5.74, 6) is -0.180. The standard InChI is InChI=1S/C23H16ClN5O.C7H5ClO/c24-19-8-4-7-17(12-19)23(30)22-21(16-9-10-20-18(11-16)13-25-26-20)27-28-29(22)14-15-5-2-1-3-6-15;8-7(9)6-4-2-1-3-5-6/h1-13H,14H2,(H,25,26);1-5H. The summed E-state index contributed by atoms with van der Waals surface area (Å²) >= 11 is 11.3. The van der Waals surface area contributed by atoms with Gasteiger partial charge in [-0.2, -0.15) is 5.10 Å². The smallest absolute Gasteiger partial charge is 0.252 e. The average molecular weight is 554 g/mol. The van der Waals surface area contributed by atoms with Crippen molar-refractivity contribution < 1.29 is 9.59 Å². The van der Waals surface area contributed by atoms with Crippen molar-refractivity contribution in [1.29, 1.82) is 0 Å². The van der Waals surface area contributed by atoms with Gasteiger partial charge in [0.2, 0.25) is 5.78 Å². The molecule has 0 unspecified atom stereocenters. The molecule has 0 atom stereocenters. The van der Waals surface area contributed by atoms with Crippen LogP contribution in [0.2, 0.25) is 5.02 Å². The fourth-order valence-electron chi connectivity index (χ4n) is 4.02. The molecule has 7 nitrogen and oxygen atoms in total. The fraction of sp³-hybridized carbons (Fsp3) is 0.0333. The second-order valence-electron chi connectivity index (χ2n) is 8.58. The van der Waals surface area contributed by atoms with E-state index in [1.54, 1.807) is 59.4 Å². The molecule has 0 bridgehead atoms. The van der Waals surface area contributed by atoms with Crippen molar-refractivity contribution in [2.45, 2.75) is 6.54 Å². The van der Waals surface area contributed by atoms with E-state index < -0.39 is 5.24 Å². The van der Waals surface area contributed by atoms with E-state index in [2.05, 4.69) is 20.5 Å². The number of nitrogens with zero attached hydrogens (tertiary/aromatic N) is 4. The molecule has 0 spiro atoms. The zero-order chi connectivity index (χ0) is 27.2. The van der Waals surface area contributed by atoms with Crippen molar-refractivity contribution in [2.75, 3.05) is 0 Å². The van der Waals surface area contributed by atoms with Crippen LogP contribution >= 0.6 is 23.2 Å². The van der Waals surface area contributed by atoms with Crippen LogP contribution in [0.15, 0.2) is 109 Å². The zero-order valence-electron chi connectivity index (χ0n) is 20.5. The van der Waals surface area contributed by atoms with E-state index in [4.69, 9.17) is 23.2 Å². The van der Waals surface area contributed by atoms with Crippen molar-refractivity contribution in [3.05, 3.63) is 137 Å². The number of aromatic nitrogens is 5. The first-order chi connectivity index (χ1) is 19.0. The maximum atomic E-state index is 13.5. The van der Waals surface area contributed by atoms with Gasteiger partial charge in [0, 0.05) is 27.1 Å². The predicted molar refractivity (Wildman–Crippen MR) is 152 cm³/mol. The summed E-state index contributed by atoms with van der Waals surface area (Å²) in [5.41, 5.74) is 4.72. The lowest BCUT2D eigenvalue weighted by atomic mass is 10.0. The molecule has 6 rings (SSSR count). The Labute approximate surface area is 234 Å². The molecule has 0 aliphatic heterocycles. The van der Waals surface area contributed by atoms with Gasteiger partial charge in [-0.15, -0.1) is 5.10 Å². The molecule has 0 saturated carbocycles. The van der Waals surface area contributed by atoms with Gasteiger partial charge >= 0.3 is 0 Å². The maximum Gasteiger partial charge on any atom is 0.252 e. The molecular formula is C30H21Cl2N5O2. The number of aromatic amines is 1. The number of nitrogens with one attached hydrogen (secondary N) is 1. The van der Waals surface area contributed by atoms with Gasteiger partial charge < -0.3 is 0 Å². The minimum Gasteiger partial charge on any atom is -0.287 e. The summed E-state index contributed by atoms with van der Waals surface area (Å²) in [6.45, 7) is 0.434. The number of carbonyl (C=O) groups excluding carboxylic acids is 2. The van der Waals surface area contributed by atoms with Crippen LogP contribution in [0.3, 0.4) is 0 Å². The van der Waals surface area contributed by atoms with Gasteiger partial charge in [0.25, 0.3) is 5.24 Å². The van der Waals surface area contributed by atoms with Crippen LogP contribution in [-0.4, -0.2) is 36.2 Å². The van der Waals surface area contributed by atoms with Gasteiger partial charge in [-0.25, -0.2) is 4.68 Å². The number of fused-ring (bicyclic) bond motifs is 1. The molecule has 0 aliphatic carbocycles. The average Bonchev–Trinajstić information content (AvgIpc) is 3.61. The first-order valence-corrected chi connectivity index (χ1v) is 12.7. The highest BCUT2D eigenvalue weighted by atomic mass is 35.5. The number of carbonyl (C=O) groups is 2. The number of H-pyrrole nitrogens is 1. The minimum absolute atomic E-state index is 0.180. The molecule has 0 aliphatic rings. The van der Waals surface area contributed by atoms with Gasteiger partial charge in [0.15, 0.2) is 0 Å². The second kappa shape index (κ2) is 11.9. The van der Waals surface area contributed by atoms with Gasteiger partial charge in [0.05, 0.1) is 18.3 Å². The Morgan fingerprint density at radius 3 is 2.23 bits per heavy atom. The van der Waals surface area contributed by atoms with Crippen LogP contribution in [0.5, 0.6) is 0 Å². The molecule has 0 radical (unpaired) electrons. The highest BCUT2D eigenvalue weighted by Crippen LogP contribution is 2.27. The lowest BCUT2D eigenvalue weighted by Gasteiger charge is -2.08. The van der Waals surface area contributed by atoms with Gasteiger partial charge in [-0.3, -0.25) is 14.7 Å². The molecule has 9 heteroatoms. The predicted octanol–water partition coefficient (Wildman–Crippen LogP) is 6.82. The quantitative estimate of drug-likeness (QED) is 0.180. The molecule has 192 valence electrons. The number of benzene rings is 4. The van der Waals surface area contributed by atoms with Crippen molar-refractivity contribution in [3.8, 4) is 11.3 Å². The fourth-order valence-corrected chi connectivity index (χ4v) is 4.34. The minimum atomic E-state index is -0.407. The molecule has 0 amide bonds. The second-order valence-corrected chi connectivity index (χ2v) is 9.36. The Balaban J connectivity index is 0.000000292. The summed E-state index contributed by atoms with van der Waals surface area (Å²) in [7, 11) is 0.